The van der Waals surface area contributed by atoms with Gasteiger partial charge < -0.3 is 31.2 Å². The Hall–Kier alpha value is -3.25. The summed E-state index contributed by atoms with van der Waals surface area (Å²) in [6.45, 7) is 8.38. The number of likely N-dealkylation sites (N-methyl/N-ethyl adjacent to an activating group) is 1. The summed E-state index contributed by atoms with van der Waals surface area (Å²) in [5, 5.41) is 11.6. The minimum atomic E-state index is -1.11. The van der Waals surface area contributed by atoms with Crippen molar-refractivity contribution >= 4 is 23.6 Å². The average Bonchev–Trinajstić information content (AvgIpc) is 3.30. The number of rotatable bonds is 11. The van der Waals surface area contributed by atoms with Crippen LogP contribution >= 0.6 is 0 Å². The van der Waals surface area contributed by atoms with E-state index >= 15 is 0 Å². The Morgan fingerprint density at radius 2 is 1.98 bits per heavy atom. The van der Waals surface area contributed by atoms with Crippen LogP contribution in [-0.4, -0.2) is 69.8 Å². The Balaban J connectivity index is 0.00000441. The highest BCUT2D eigenvalue weighted by Crippen LogP contribution is 2.61. The van der Waals surface area contributed by atoms with Crippen molar-refractivity contribution in [2.24, 2.45) is 34.6 Å². The third-order valence-corrected chi connectivity index (χ3v) is 8.40. The zero-order valence-corrected chi connectivity index (χ0v) is 23.5. The third kappa shape index (κ3) is 6.55. The highest BCUT2D eigenvalue weighted by Gasteiger charge is 2.54. The number of amides is 3. The summed E-state index contributed by atoms with van der Waals surface area (Å²) in [6.07, 6.45) is 2.94. The Labute approximate surface area is 236 Å². The zero-order valence-electron chi connectivity index (χ0n) is 23.5. The van der Waals surface area contributed by atoms with Gasteiger partial charge in [-0.05, 0) is 68.4 Å². The lowest BCUT2D eigenvalue weighted by atomic mass is 9.46. The molecule has 40 heavy (non-hydrogen) atoms. The molecule has 2 heterocycles. The summed E-state index contributed by atoms with van der Waals surface area (Å²) in [5.74, 6) is 1.37. The van der Waals surface area contributed by atoms with Crippen molar-refractivity contribution in [3.8, 4) is 0 Å². The van der Waals surface area contributed by atoms with E-state index in [-0.39, 0.29) is 33.1 Å². The molecule has 2 aromatic rings. The standard InChI is InChI=1S/C27H41N7O5.CH4/c1-26(2)17-10-9-16(19(26)11-17)13-38-15-20(30-24(36)27(3,4)29)23-32-31-22-8-6-7-18(34(22)23)14-39-25(37)33(5)12-21(28)35;/h6-8,16-17,19-20H,9-15,29H2,1-5H3,(H2,28,35)(H,30,36);1H4/t16-,17+,19+,20-;/m1./s1. The van der Waals surface area contributed by atoms with E-state index in [2.05, 4.69) is 29.4 Å². The van der Waals surface area contributed by atoms with Crippen LogP contribution in [0.5, 0.6) is 0 Å². The number of hydrogen-bond donors (Lipinski definition) is 3. The summed E-state index contributed by atoms with van der Waals surface area (Å²) >= 11 is 0. The van der Waals surface area contributed by atoms with Crippen LogP contribution in [0.1, 0.15) is 71.9 Å². The predicted molar refractivity (Wildman–Crippen MR) is 150 cm³/mol. The topological polar surface area (TPSA) is 167 Å². The van der Waals surface area contributed by atoms with Gasteiger partial charge in [0.15, 0.2) is 11.5 Å². The first-order valence-corrected chi connectivity index (χ1v) is 13.5. The lowest BCUT2D eigenvalue weighted by molar-refractivity contribution is -0.129. The van der Waals surface area contributed by atoms with Crippen LogP contribution in [0, 0.1) is 23.2 Å². The fraction of sp³-hybridized carbons (Fsp3) is 0.679. The van der Waals surface area contributed by atoms with Crippen LogP contribution in [0.2, 0.25) is 0 Å². The highest BCUT2D eigenvalue weighted by atomic mass is 16.6. The number of fused-ring (bicyclic) bond motifs is 3. The van der Waals surface area contributed by atoms with Gasteiger partial charge in [0.25, 0.3) is 0 Å². The van der Waals surface area contributed by atoms with Gasteiger partial charge in [-0.1, -0.05) is 27.3 Å². The minimum Gasteiger partial charge on any atom is -0.443 e. The van der Waals surface area contributed by atoms with Gasteiger partial charge in [-0.25, -0.2) is 4.79 Å². The predicted octanol–water partition coefficient (Wildman–Crippen LogP) is 2.40. The number of hydrogen-bond acceptors (Lipinski definition) is 8. The largest absolute Gasteiger partial charge is 0.443 e. The van der Waals surface area contributed by atoms with E-state index in [4.69, 9.17) is 20.9 Å². The fourth-order valence-electron chi connectivity index (χ4n) is 5.94. The number of carbonyl (C=O) groups excluding carboxylic acids is 3. The monoisotopic (exact) mass is 559 g/mol. The molecule has 3 fully saturated rings. The molecule has 222 valence electrons. The van der Waals surface area contributed by atoms with Crippen LogP contribution in [0.3, 0.4) is 0 Å². The van der Waals surface area contributed by atoms with E-state index in [1.807, 2.05) is 0 Å². The van der Waals surface area contributed by atoms with Gasteiger partial charge in [0.2, 0.25) is 11.8 Å². The second kappa shape index (κ2) is 12.1. The minimum absolute atomic E-state index is 0. The molecule has 2 aromatic heterocycles. The van der Waals surface area contributed by atoms with Crippen molar-refractivity contribution < 1.29 is 23.9 Å². The molecule has 3 amide bonds. The number of nitrogens with two attached hydrogens (primary N) is 2. The second-order valence-corrected chi connectivity index (χ2v) is 12.1. The van der Waals surface area contributed by atoms with E-state index < -0.39 is 23.6 Å². The average molecular weight is 560 g/mol. The number of pyridine rings is 1. The fourth-order valence-corrected chi connectivity index (χ4v) is 5.94. The molecule has 0 saturated heterocycles. The molecule has 12 nitrogen and oxygen atoms in total. The maximum atomic E-state index is 12.9. The quantitative estimate of drug-likeness (QED) is 0.377. The van der Waals surface area contributed by atoms with Crippen molar-refractivity contribution in [2.45, 2.75) is 72.6 Å². The lowest BCUT2D eigenvalue weighted by Gasteiger charge is -2.60. The number of nitrogens with one attached hydrogen (secondary N) is 1. The molecule has 0 aromatic carbocycles. The molecular formula is C28H45N7O5. The maximum absolute atomic E-state index is 12.9. The van der Waals surface area contributed by atoms with Crippen molar-refractivity contribution in [1.82, 2.24) is 24.8 Å². The molecule has 5 rings (SSSR count). The third-order valence-electron chi connectivity index (χ3n) is 8.40. The van der Waals surface area contributed by atoms with Gasteiger partial charge in [-0.15, -0.1) is 10.2 Å². The van der Waals surface area contributed by atoms with Crippen molar-refractivity contribution in [3.05, 3.63) is 29.7 Å². The normalized spacial score (nSPS) is 22.0. The van der Waals surface area contributed by atoms with Crippen LogP contribution < -0.4 is 16.8 Å². The molecule has 3 saturated carbocycles. The first kappa shape index (κ1) is 31.3. The van der Waals surface area contributed by atoms with Crippen molar-refractivity contribution in [3.63, 3.8) is 0 Å². The Morgan fingerprint density at radius 3 is 2.60 bits per heavy atom. The summed E-state index contributed by atoms with van der Waals surface area (Å²) < 4.78 is 13.4. The van der Waals surface area contributed by atoms with Gasteiger partial charge in [0, 0.05) is 13.7 Å². The summed E-state index contributed by atoms with van der Waals surface area (Å²) in [7, 11) is 1.42. The number of primary amides is 1. The Bertz CT molecular complexity index is 1220. The van der Waals surface area contributed by atoms with Gasteiger partial charge in [0.1, 0.15) is 19.2 Å². The van der Waals surface area contributed by atoms with Crippen LogP contribution in [-0.2, 0) is 25.7 Å². The molecule has 0 spiro atoms. The highest BCUT2D eigenvalue weighted by molar-refractivity contribution is 5.85. The van der Waals surface area contributed by atoms with E-state index in [0.29, 0.717) is 41.0 Å². The van der Waals surface area contributed by atoms with Gasteiger partial charge in [-0.2, -0.15) is 0 Å². The maximum Gasteiger partial charge on any atom is 0.410 e. The first-order valence-electron chi connectivity index (χ1n) is 13.5. The summed E-state index contributed by atoms with van der Waals surface area (Å²) in [6, 6.07) is 4.67. The molecule has 12 heteroatoms. The molecule has 0 radical (unpaired) electrons. The first-order chi connectivity index (χ1) is 18.3. The zero-order chi connectivity index (χ0) is 28.5. The Morgan fingerprint density at radius 1 is 1.25 bits per heavy atom. The van der Waals surface area contributed by atoms with Crippen molar-refractivity contribution in [2.75, 3.05) is 26.8 Å². The van der Waals surface area contributed by atoms with Crippen LogP contribution in [0.4, 0.5) is 4.79 Å². The number of ether oxygens (including phenoxy) is 2. The number of aromatic nitrogens is 3. The van der Waals surface area contributed by atoms with E-state index in [1.165, 1.54) is 19.9 Å². The molecule has 0 aliphatic heterocycles. The number of carbonyl (C=O) groups is 3. The number of nitrogens with zero attached hydrogens (tertiary/aromatic N) is 4. The van der Waals surface area contributed by atoms with Crippen molar-refractivity contribution in [1.29, 1.82) is 0 Å². The van der Waals surface area contributed by atoms with Gasteiger partial charge in [0.05, 0.1) is 17.8 Å². The molecule has 3 aliphatic rings. The Kier molecular flexibility index (Phi) is 9.46. The second-order valence-electron chi connectivity index (χ2n) is 12.1. The molecule has 4 atom stereocenters. The van der Waals surface area contributed by atoms with Gasteiger partial charge in [-0.3, -0.25) is 14.0 Å². The lowest BCUT2D eigenvalue weighted by Crippen LogP contribution is -2.53. The van der Waals surface area contributed by atoms with Crippen LogP contribution in [0.25, 0.3) is 5.65 Å². The molecule has 0 unspecified atom stereocenters. The molecule has 5 N–H and O–H groups in total. The van der Waals surface area contributed by atoms with Crippen LogP contribution in [0.15, 0.2) is 18.2 Å². The molecular weight excluding hydrogens is 514 g/mol. The molecule has 2 bridgehead atoms. The van der Waals surface area contributed by atoms with E-state index in [1.54, 1.807) is 36.4 Å². The summed E-state index contributed by atoms with van der Waals surface area (Å²) in [4.78, 5) is 37.5. The van der Waals surface area contributed by atoms with Gasteiger partial charge >= 0.3 is 6.09 Å². The SMILES string of the molecule is C.CN(CC(N)=O)C(=O)OCc1cccc2nnc([C@@H](COC[C@H]3CC[C@H]4C[C@@H]3C4(C)C)NC(=O)C(C)(C)N)n12. The van der Waals surface area contributed by atoms with E-state index in [0.717, 1.165) is 17.2 Å². The smallest absolute Gasteiger partial charge is 0.410 e. The van der Waals surface area contributed by atoms with E-state index in [9.17, 15) is 14.4 Å². The summed E-state index contributed by atoms with van der Waals surface area (Å²) in [5.41, 5.74) is 11.6. The molecule has 3 aliphatic carbocycles.